The van der Waals surface area contributed by atoms with Crippen LogP contribution >= 0.6 is 0 Å². The van der Waals surface area contributed by atoms with E-state index >= 15 is 0 Å². The normalized spacial score (nSPS) is 12.4. The summed E-state index contributed by atoms with van der Waals surface area (Å²) in [6.07, 6.45) is 5.80. The van der Waals surface area contributed by atoms with Crippen molar-refractivity contribution in [2.24, 2.45) is 0 Å². The van der Waals surface area contributed by atoms with E-state index in [4.69, 9.17) is 5.26 Å². The zero-order chi connectivity index (χ0) is 16.7. The van der Waals surface area contributed by atoms with E-state index in [0.717, 1.165) is 16.5 Å². The van der Waals surface area contributed by atoms with Crippen LogP contribution in [0.4, 0.5) is 0 Å². The molecule has 2 N–H and O–H groups in total. The lowest BCUT2D eigenvalue weighted by atomic mass is 10.1. The summed E-state index contributed by atoms with van der Waals surface area (Å²) >= 11 is 0. The van der Waals surface area contributed by atoms with Crippen LogP contribution in [0.25, 0.3) is 17.0 Å². The van der Waals surface area contributed by atoms with Crippen LogP contribution < -0.4 is 5.32 Å². The fourth-order valence-corrected chi connectivity index (χ4v) is 2.39. The fraction of sp³-hybridized carbons (Fsp3) is 0.333. The van der Waals surface area contributed by atoms with E-state index < -0.39 is 6.10 Å². The highest BCUT2D eigenvalue weighted by atomic mass is 16.3. The third-order valence-corrected chi connectivity index (χ3v) is 3.56. The van der Waals surface area contributed by atoms with Crippen molar-refractivity contribution in [2.45, 2.75) is 32.4 Å². The number of carbonyl (C=O) groups excluding carboxylic acids is 1. The molecule has 0 aliphatic heterocycles. The Balaban J connectivity index is 2.12. The summed E-state index contributed by atoms with van der Waals surface area (Å²) < 4.78 is 2.03. The molecule has 120 valence electrons. The fourth-order valence-electron chi connectivity index (χ4n) is 2.39. The predicted molar refractivity (Wildman–Crippen MR) is 90.5 cm³/mol. The largest absolute Gasteiger partial charge is 0.393 e. The second-order valence-corrected chi connectivity index (χ2v) is 5.47. The summed E-state index contributed by atoms with van der Waals surface area (Å²) in [5.41, 5.74) is 2.00. The average Bonchev–Trinajstić information content (AvgIpc) is 2.89. The molecule has 23 heavy (non-hydrogen) atoms. The number of fused-ring (bicyclic) bond motifs is 1. The van der Waals surface area contributed by atoms with Crippen molar-refractivity contribution in [3.05, 3.63) is 42.1 Å². The molecule has 0 saturated heterocycles. The standard InChI is InChI=1S/C18H21N3O2/c1-14(22)9-11-20-18(23)8-7-15-13-21(12-4-10-19)17-6-3-2-5-16(15)17/h2-3,5-8,13-14,22H,4,9,11-12H2,1H3,(H,20,23)/b8-7+. The molecule has 0 radical (unpaired) electrons. The van der Waals surface area contributed by atoms with Crippen LogP contribution in [0.2, 0.25) is 0 Å². The van der Waals surface area contributed by atoms with Crippen molar-refractivity contribution in [1.29, 1.82) is 5.26 Å². The molecule has 0 fully saturated rings. The molecule has 1 aromatic heterocycles. The second-order valence-electron chi connectivity index (χ2n) is 5.47. The molecular formula is C18H21N3O2. The van der Waals surface area contributed by atoms with E-state index in [1.807, 2.05) is 35.0 Å². The van der Waals surface area contributed by atoms with Gasteiger partial charge in [0, 0.05) is 41.8 Å². The Morgan fingerprint density at radius 3 is 3.00 bits per heavy atom. The van der Waals surface area contributed by atoms with Crippen LogP contribution in [0.15, 0.2) is 36.5 Å². The van der Waals surface area contributed by atoms with E-state index in [2.05, 4.69) is 11.4 Å². The molecule has 5 nitrogen and oxygen atoms in total. The van der Waals surface area contributed by atoms with Crippen molar-refractivity contribution in [1.82, 2.24) is 9.88 Å². The van der Waals surface area contributed by atoms with E-state index in [9.17, 15) is 9.90 Å². The minimum Gasteiger partial charge on any atom is -0.393 e. The van der Waals surface area contributed by atoms with Gasteiger partial charge in [-0.3, -0.25) is 4.79 Å². The molecular weight excluding hydrogens is 290 g/mol. The summed E-state index contributed by atoms with van der Waals surface area (Å²) in [5.74, 6) is -0.181. The van der Waals surface area contributed by atoms with Crippen molar-refractivity contribution < 1.29 is 9.90 Å². The number of carbonyl (C=O) groups is 1. The smallest absolute Gasteiger partial charge is 0.244 e. The summed E-state index contributed by atoms with van der Waals surface area (Å²) in [5, 5.41) is 21.7. The zero-order valence-corrected chi connectivity index (χ0v) is 13.2. The van der Waals surface area contributed by atoms with E-state index in [0.29, 0.717) is 25.9 Å². The number of nitriles is 1. The third kappa shape index (κ3) is 4.70. The van der Waals surface area contributed by atoms with Crippen LogP contribution in [0, 0.1) is 11.3 Å². The van der Waals surface area contributed by atoms with Gasteiger partial charge in [0.1, 0.15) is 0 Å². The lowest BCUT2D eigenvalue weighted by molar-refractivity contribution is -0.116. The van der Waals surface area contributed by atoms with Gasteiger partial charge in [0.15, 0.2) is 0 Å². The topological polar surface area (TPSA) is 78.0 Å². The molecule has 1 aromatic carbocycles. The molecule has 5 heteroatoms. The third-order valence-electron chi connectivity index (χ3n) is 3.56. The minimum atomic E-state index is -0.419. The van der Waals surface area contributed by atoms with Crippen LogP contribution in [-0.2, 0) is 11.3 Å². The molecule has 0 saturated carbocycles. The number of nitrogens with one attached hydrogen (secondary N) is 1. The number of nitrogens with zero attached hydrogens (tertiary/aromatic N) is 2. The Bertz CT molecular complexity index is 738. The van der Waals surface area contributed by atoms with Crippen LogP contribution in [-0.4, -0.2) is 28.2 Å². The van der Waals surface area contributed by atoms with Gasteiger partial charge < -0.3 is 15.0 Å². The number of para-hydroxylation sites is 1. The highest BCUT2D eigenvalue weighted by Crippen LogP contribution is 2.22. The van der Waals surface area contributed by atoms with Crippen LogP contribution in [0.3, 0.4) is 0 Å². The maximum absolute atomic E-state index is 11.8. The number of rotatable bonds is 7. The number of aliphatic hydroxyl groups is 1. The maximum Gasteiger partial charge on any atom is 0.244 e. The molecule has 0 aliphatic carbocycles. The maximum atomic E-state index is 11.8. The Hall–Kier alpha value is -2.58. The molecule has 2 rings (SSSR count). The molecule has 0 spiro atoms. The van der Waals surface area contributed by atoms with Crippen molar-refractivity contribution in [3.8, 4) is 6.07 Å². The van der Waals surface area contributed by atoms with Crippen LogP contribution in [0.1, 0.15) is 25.3 Å². The van der Waals surface area contributed by atoms with E-state index in [1.54, 1.807) is 13.0 Å². The summed E-state index contributed by atoms with van der Waals surface area (Å²) in [6, 6.07) is 10.1. The van der Waals surface area contributed by atoms with E-state index in [-0.39, 0.29) is 5.91 Å². The first-order valence-electron chi connectivity index (χ1n) is 7.70. The number of hydrogen-bond acceptors (Lipinski definition) is 3. The van der Waals surface area contributed by atoms with Gasteiger partial charge in [-0.1, -0.05) is 18.2 Å². The van der Waals surface area contributed by atoms with Gasteiger partial charge in [-0.25, -0.2) is 0 Å². The van der Waals surface area contributed by atoms with Gasteiger partial charge in [-0.2, -0.15) is 5.26 Å². The average molecular weight is 311 g/mol. The monoisotopic (exact) mass is 311 g/mol. The highest BCUT2D eigenvalue weighted by molar-refractivity contribution is 5.96. The summed E-state index contributed by atoms with van der Waals surface area (Å²) in [6.45, 7) is 2.77. The van der Waals surface area contributed by atoms with E-state index in [1.165, 1.54) is 6.08 Å². The summed E-state index contributed by atoms with van der Waals surface area (Å²) in [7, 11) is 0. The van der Waals surface area contributed by atoms with Crippen molar-refractivity contribution >= 4 is 22.9 Å². The predicted octanol–water partition coefficient (Wildman–Crippen LogP) is 2.46. The number of benzene rings is 1. The number of aromatic nitrogens is 1. The minimum absolute atomic E-state index is 0.181. The van der Waals surface area contributed by atoms with Gasteiger partial charge in [0.05, 0.1) is 18.6 Å². The first-order chi connectivity index (χ1) is 11.1. The van der Waals surface area contributed by atoms with Gasteiger partial charge in [-0.05, 0) is 25.5 Å². The number of amides is 1. The molecule has 2 aromatic rings. The Morgan fingerprint density at radius 2 is 2.26 bits per heavy atom. The molecule has 1 heterocycles. The Labute approximate surface area is 135 Å². The Kier molecular flexibility index (Phi) is 5.95. The first kappa shape index (κ1) is 16.8. The molecule has 1 atom stereocenters. The first-order valence-corrected chi connectivity index (χ1v) is 7.70. The highest BCUT2D eigenvalue weighted by Gasteiger charge is 2.06. The molecule has 1 amide bonds. The zero-order valence-electron chi connectivity index (χ0n) is 13.2. The van der Waals surface area contributed by atoms with Gasteiger partial charge >= 0.3 is 0 Å². The molecule has 0 bridgehead atoms. The van der Waals surface area contributed by atoms with Crippen molar-refractivity contribution in [2.75, 3.05) is 6.54 Å². The van der Waals surface area contributed by atoms with Crippen molar-refractivity contribution in [3.63, 3.8) is 0 Å². The lowest BCUT2D eigenvalue weighted by Gasteiger charge is -2.03. The Morgan fingerprint density at radius 1 is 1.48 bits per heavy atom. The SMILES string of the molecule is CC(O)CCNC(=O)/C=C/c1cn(CCC#N)c2ccccc12. The summed E-state index contributed by atoms with van der Waals surface area (Å²) in [4.78, 5) is 11.8. The van der Waals surface area contributed by atoms with Gasteiger partial charge in [0.2, 0.25) is 5.91 Å². The van der Waals surface area contributed by atoms with Gasteiger partial charge in [0.25, 0.3) is 0 Å². The lowest BCUT2D eigenvalue weighted by Crippen LogP contribution is -2.24. The molecule has 1 unspecified atom stereocenters. The van der Waals surface area contributed by atoms with Gasteiger partial charge in [-0.15, -0.1) is 0 Å². The van der Waals surface area contributed by atoms with Crippen LogP contribution in [0.5, 0.6) is 0 Å². The number of aryl methyl sites for hydroxylation is 1. The molecule has 0 aliphatic rings. The quantitative estimate of drug-likeness (QED) is 0.771. The number of hydrogen-bond donors (Lipinski definition) is 2. The number of aliphatic hydroxyl groups excluding tert-OH is 1. The second kappa shape index (κ2) is 8.16.